The molecule has 0 heterocycles. The van der Waals surface area contributed by atoms with E-state index in [1.165, 1.54) is 12.3 Å². The van der Waals surface area contributed by atoms with Gasteiger partial charge in [-0.2, -0.15) is 0 Å². The number of nitrogens with zero attached hydrogens (tertiary/aromatic N) is 1. The molecule has 1 aromatic carbocycles. The summed E-state index contributed by atoms with van der Waals surface area (Å²) in [5.74, 6) is -0.0576. The highest BCUT2D eigenvalue weighted by Crippen LogP contribution is 2.29. The molecule has 1 aromatic rings. The maximum atomic E-state index is 9.48. The number of phenols is 1. The number of aliphatic hydroxyl groups excluding tert-OH is 1. The Labute approximate surface area is 91.6 Å². The first-order valence-corrected chi connectivity index (χ1v) is 4.69. The Kier molecular flexibility index (Phi) is 4.20. The first kappa shape index (κ1) is 11.3. The molecular formula is C9H9Cl2NO2. The molecule has 14 heavy (non-hydrogen) atoms. The van der Waals surface area contributed by atoms with E-state index in [1.807, 2.05) is 0 Å². The van der Waals surface area contributed by atoms with Crippen molar-refractivity contribution in [2.24, 2.45) is 4.99 Å². The lowest BCUT2D eigenvalue weighted by Crippen LogP contribution is -1.90. The van der Waals surface area contributed by atoms with Crippen LogP contribution in [-0.2, 0) is 0 Å². The zero-order valence-corrected chi connectivity index (χ0v) is 8.76. The van der Waals surface area contributed by atoms with Crippen LogP contribution >= 0.6 is 23.2 Å². The van der Waals surface area contributed by atoms with Gasteiger partial charge in [-0.3, -0.25) is 4.99 Å². The van der Waals surface area contributed by atoms with Crippen LogP contribution in [0.3, 0.4) is 0 Å². The second-order valence-electron chi connectivity index (χ2n) is 2.58. The van der Waals surface area contributed by atoms with Gasteiger partial charge in [-0.25, -0.2) is 0 Å². The van der Waals surface area contributed by atoms with E-state index in [0.717, 1.165) is 0 Å². The monoisotopic (exact) mass is 233 g/mol. The van der Waals surface area contributed by atoms with Crippen molar-refractivity contribution in [1.82, 2.24) is 0 Å². The molecular weight excluding hydrogens is 225 g/mol. The number of aliphatic imine (C=N–C) groups is 1. The zero-order valence-electron chi connectivity index (χ0n) is 7.24. The van der Waals surface area contributed by atoms with Crippen LogP contribution in [0, 0.1) is 0 Å². The highest BCUT2D eigenvalue weighted by Gasteiger charge is 2.05. The number of halogens is 2. The minimum absolute atomic E-state index is 0.0362. The van der Waals surface area contributed by atoms with Gasteiger partial charge in [0.15, 0.2) is 0 Å². The lowest BCUT2D eigenvalue weighted by Gasteiger charge is -2.01. The Balaban J connectivity index is 2.96. The van der Waals surface area contributed by atoms with Crippen LogP contribution in [0.4, 0.5) is 0 Å². The molecule has 0 saturated carbocycles. The fourth-order valence-corrected chi connectivity index (χ4v) is 1.41. The summed E-state index contributed by atoms with van der Waals surface area (Å²) < 4.78 is 0. The summed E-state index contributed by atoms with van der Waals surface area (Å²) in [5.41, 5.74) is 0.441. The second-order valence-corrected chi connectivity index (χ2v) is 3.43. The van der Waals surface area contributed by atoms with Gasteiger partial charge in [-0.05, 0) is 12.1 Å². The quantitative estimate of drug-likeness (QED) is 0.787. The number of phenolic OH excluding ortho intramolecular Hbond substituents is 1. The molecule has 0 aliphatic carbocycles. The van der Waals surface area contributed by atoms with E-state index in [-0.39, 0.29) is 23.9 Å². The van der Waals surface area contributed by atoms with E-state index in [1.54, 1.807) is 6.07 Å². The summed E-state index contributed by atoms with van der Waals surface area (Å²) in [6.45, 7) is 0.245. The first-order chi connectivity index (χ1) is 6.65. The van der Waals surface area contributed by atoms with Gasteiger partial charge in [0, 0.05) is 16.8 Å². The summed E-state index contributed by atoms with van der Waals surface area (Å²) in [7, 11) is 0. The maximum absolute atomic E-state index is 9.48. The molecule has 0 fully saturated rings. The molecule has 0 bridgehead atoms. The lowest BCUT2D eigenvalue weighted by molar-refractivity contribution is 0.307. The van der Waals surface area contributed by atoms with Gasteiger partial charge >= 0.3 is 0 Å². The number of rotatable bonds is 3. The molecule has 0 aliphatic rings. The minimum atomic E-state index is -0.0576. The average Bonchev–Trinajstić information content (AvgIpc) is 2.13. The predicted octanol–water partition coefficient (Wildman–Crippen LogP) is 2.11. The Bertz CT molecular complexity index is 353. The van der Waals surface area contributed by atoms with Gasteiger partial charge in [0.05, 0.1) is 18.2 Å². The minimum Gasteiger partial charge on any atom is -0.506 e. The van der Waals surface area contributed by atoms with Crippen molar-refractivity contribution in [2.45, 2.75) is 0 Å². The van der Waals surface area contributed by atoms with Crippen LogP contribution < -0.4 is 0 Å². The summed E-state index contributed by atoms with van der Waals surface area (Å²) in [5, 5.41) is 18.6. The average molecular weight is 234 g/mol. The summed E-state index contributed by atoms with van der Waals surface area (Å²) in [6, 6.07) is 2.99. The van der Waals surface area contributed by atoms with Crippen molar-refractivity contribution in [3.8, 4) is 5.75 Å². The largest absolute Gasteiger partial charge is 0.506 e. The van der Waals surface area contributed by atoms with E-state index in [2.05, 4.69) is 4.99 Å². The van der Waals surface area contributed by atoms with Crippen LogP contribution in [0.15, 0.2) is 17.1 Å². The summed E-state index contributed by atoms with van der Waals surface area (Å²) in [6.07, 6.45) is 1.42. The number of hydrogen-bond donors (Lipinski definition) is 2. The zero-order chi connectivity index (χ0) is 10.6. The van der Waals surface area contributed by atoms with E-state index in [0.29, 0.717) is 10.6 Å². The van der Waals surface area contributed by atoms with Crippen LogP contribution in [0.5, 0.6) is 5.75 Å². The van der Waals surface area contributed by atoms with Crippen LogP contribution in [0.25, 0.3) is 0 Å². The van der Waals surface area contributed by atoms with E-state index < -0.39 is 0 Å². The van der Waals surface area contributed by atoms with E-state index >= 15 is 0 Å². The standard InChI is InChI=1S/C9H9Cl2NO2/c10-7-3-6(5-12-1-2-13)9(14)8(11)4-7/h3-5,13-14H,1-2H2. The Morgan fingerprint density at radius 1 is 1.36 bits per heavy atom. The van der Waals surface area contributed by atoms with Crippen LogP contribution in [0.1, 0.15) is 5.56 Å². The first-order valence-electron chi connectivity index (χ1n) is 3.94. The van der Waals surface area contributed by atoms with Gasteiger partial charge in [0.2, 0.25) is 0 Å². The van der Waals surface area contributed by atoms with Gasteiger partial charge in [-0.15, -0.1) is 0 Å². The molecule has 2 N–H and O–H groups in total. The van der Waals surface area contributed by atoms with Crippen molar-refractivity contribution in [1.29, 1.82) is 0 Å². The highest BCUT2D eigenvalue weighted by atomic mass is 35.5. The topological polar surface area (TPSA) is 52.8 Å². The van der Waals surface area contributed by atoms with E-state index in [4.69, 9.17) is 28.3 Å². The summed E-state index contributed by atoms with van der Waals surface area (Å²) >= 11 is 11.4. The van der Waals surface area contributed by atoms with Gasteiger partial charge in [0.1, 0.15) is 5.75 Å². The molecule has 0 amide bonds. The molecule has 1 rings (SSSR count). The number of hydrogen-bond acceptors (Lipinski definition) is 3. The molecule has 0 atom stereocenters. The van der Waals surface area contributed by atoms with Crippen molar-refractivity contribution in [3.63, 3.8) is 0 Å². The van der Waals surface area contributed by atoms with Gasteiger partial charge < -0.3 is 10.2 Å². The second kappa shape index (κ2) is 5.20. The molecule has 0 unspecified atom stereocenters. The molecule has 3 nitrogen and oxygen atoms in total. The van der Waals surface area contributed by atoms with Gasteiger partial charge in [-0.1, -0.05) is 23.2 Å². The number of aromatic hydroxyl groups is 1. The number of benzene rings is 1. The van der Waals surface area contributed by atoms with Crippen molar-refractivity contribution in [2.75, 3.05) is 13.2 Å². The fraction of sp³-hybridized carbons (Fsp3) is 0.222. The molecule has 0 saturated heterocycles. The molecule has 0 aliphatic heterocycles. The van der Waals surface area contributed by atoms with Crippen molar-refractivity contribution < 1.29 is 10.2 Å². The Morgan fingerprint density at radius 3 is 2.71 bits per heavy atom. The molecule has 0 radical (unpaired) electrons. The Morgan fingerprint density at radius 2 is 2.07 bits per heavy atom. The predicted molar refractivity (Wildman–Crippen MR) is 57.7 cm³/mol. The normalized spacial score (nSPS) is 11.1. The molecule has 0 spiro atoms. The van der Waals surface area contributed by atoms with E-state index in [9.17, 15) is 5.11 Å². The van der Waals surface area contributed by atoms with Gasteiger partial charge in [0.25, 0.3) is 0 Å². The fourth-order valence-electron chi connectivity index (χ4n) is 0.905. The molecule has 76 valence electrons. The third kappa shape index (κ3) is 2.87. The number of aliphatic hydroxyl groups is 1. The van der Waals surface area contributed by atoms with Crippen LogP contribution in [-0.4, -0.2) is 29.6 Å². The summed E-state index contributed by atoms with van der Waals surface area (Å²) in [4.78, 5) is 3.85. The molecule has 0 aromatic heterocycles. The smallest absolute Gasteiger partial charge is 0.143 e. The lowest BCUT2D eigenvalue weighted by atomic mass is 10.2. The third-order valence-electron chi connectivity index (χ3n) is 1.52. The van der Waals surface area contributed by atoms with Crippen molar-refractivity contribution >= 4 is 29.4 Å². The van der Waals surface area contributed by atoms with Crippen LogP contribution in [0.2, 0.25) is 10.0 Å². The third-order valence-corrected chi connectivity index (χ3v) is 2.02. The molecule has 5 heteroatoms. The maximum Gasteiger partial charge on any atom is 0.143 e. The highest BCUT2D eigenvalue weighted by molar-refractivity contribution is 6.36. The Hall–Kier alpha value is -0.770. The SMILES string of the molecule is OCCN=Cc1cc(Cl)cc(Cl)c1O. The van der Waals surface area contributed by atoms with Crippen molar-refractivity contribution in [3.05, 3.63) is 27.7 Å².